The van der Waals surface area contributed by atoms with Gasteiger partial charge in [-0.15, -0.1) is 16.7 Å². The van der Waals surface area contributed by atoms with Crippen molar-refractivity contribution in [3.63, 3.8) is 0 Å². The highest BCUT2D eigenvalue weighted by Gasteiger charge is 2.54. The fourth-order valence-electron chi connectivity index (χ4n) is 4.87. The summed E-state index contributed by atoms with van der Waals surface area (Å²) in [5.41, 5.74) is 5.43. The Bertz CT molecular complexity index is 1330. The number of fused-ring (bicyclic) bond motifs is 1. The largest absolute Gasteiger partial charge is 0.477 e. The molecule has 4 aliphatic rings. The van der Waals surface area contributed by atoms with Crippen molar-refractivity contribution in [2.24, 2.45) is 10.4 Å². The molecule has 0 aromatic carbocycles. The van der Waals surface area contributed by atoms with Crippen molar-refractivity contribution in [1.82, 2.24) is 29.5 Å². The molecule has 16 nitrogen and oxygen atoms in total. The second-order valence-corrected chi connectivity index (χ2v) is 10.7. The fraction of sp³-hybridized carbons (Fsp3) is 0.450. The third kappa shape index (κ3) is 4.34. The van der Waals surface area contributed by atoms with Gasteiger partial charge in [-0.05, 0) is 24.5 Å². The molecule has 1 aromatic rings. The summed E-state index contributed by atoms with van der Waals surface area (Å²) < 4.78 is 3.81. The van der Waals surface area contributed by atoms with Crippen molar-refractivity contribution >= 4 is 57.8 Å². The molecule has 1 aromatic heterocycles. The van der Waals surface area contributed by atoms with Gasteiger partial charge in [0.1, 0.15) is 17.1 Å². The first-order valence-corrected chi connectivity index (χ1v) is 13.2. The van der Waals surface area contributed by atoms with Crippen LogP contribution >= 0.6 is 23.3 Å². The molecule has 200 valence electrons. The van der Waals surface area contributed by atoms with Gasteiger partial charge in [0.05, 0.1) is 17.9 Å². The van der Waals surface area contributed by atoms with Crippen LogP contribution in [0.4, 0.5) is 5.13 Å². The van der Waals surface area contributed by atoms with E-state index in [0.29, 0.717) is 43.6 Å². The van der Waals surface area contributed by atoms with Crippen molar-refractivity contribution in [3.8, 4) is 0 Å². The molecule has 3 amide bonds. The lowest BCUT2D eigenvalue weighted by Crippen LogP contribution is -2.71. The first-order valence-electron chi connectivity index (χ1n) is 11.4. The predicted octanol–water partition coefficient (Wildman–Crippen LogP) is -1.05. The molecule has 0 spiro atoms. The number of carboxylic acid groups (broad SMARTS) is 1. The molecule has 3 saturated heterocycles. The molecular formula is C20H21N9O7S2. The van der Waals surface area contributed by atoms with E-state index in [-0.39, 0.29) is 34.4 Å². The maximum Gasteiger partial charge on any atom is 0.352 e. The minimum absolute atomic E-state index is 0.0487. The topological polar surface area (TPSA) is 224 Å². The Hall–Kier alpha value is -4.06. The first-order chi connectivity index (χ1) is 18.2. The highest BCUT2D eigenvalue weighted by atomic mass is 32.2. The second kappa shape index (κ2) is 10.0. The predicted molar refractivity (Wildman–Crippen MR) is 133 cm³/mol. The summed E-state index contributed by atoms with van der Waals surface area (Å²) in [7, 11) is 0. The SMILES string of the molecule is Nc1nc(/C(=N/O)C(=O)N[C@@H]2C(=O)N3C(C(=O)O)=C(/C=C4\CCN([C@H]5CCN(N=O)C5)C4=O)CS[C@H]23)ns1. The van der Waals surface area contributed by atoms with Crippen LogP contribution in [0, 0.1) is 4.91 Å². The number of hydrogen-bond donors (Lipinski definition) is 4. The molecule has 18 heteroatoms. The van der Waals surface area contributed by atoms with E-state index < -0.39 is 34.9 Å². The highest BCUT2D eigenvalue weighted by Crippen LogP contribution is 2.41. The number of thioether (sulfide) groups is 1. The van der Waals surface area contributed by atoms with Crippen molar-refractivity contribution in [2.45, 2.75) is 30.3 Å². The van der Waals surface area contributed by atoms with E-state index in [2.05, 4.69) is 25.1 Å². The molecule has 38 heavy (non-hydrogen) atoms. The number of nitrogens with two attached hydrogens (primary N) is 1. The van der Waals surface area contributed by atoms with Crippen LogP contribution in [0.5, 0.6) is 0 Å². The number of anilines is 1. The van der Waals surface area contributed by atoms with Crippen LogP contribution in [-0.2, 0) is 19.2 Å². The van der Waals surface area contributed by atoms with Crippen LogP contribution in [0.25, 0.3) is 0 Å². The van der Waals surface area contributed by atoms with Gasteiger partial charge in [0.2, 0.25) is 17.4 Å². The number of rotatable bonds is 7. The summed E-state index contributed by atoms with van der Waals surface area (Å²) in [6.07, 6.45) is 2.54. The average molecular weight is 564 g/mol. The number of aromatic nitrogens is 2. The number of hydrogen-bond acceptors (Lipinski definition) is 13. The maximum absolute atomic E-state index is 13.0. The van der Waals surface area contributed by atoms with Gasteiger partial charge < -0.3 is 26.3 Å². The molecule has 5 heterocycles. The number of nitrogen functional groups attached to an aromatic ring is 1. The number of nitrogens with one attached hydrogen (secondary N) is 1. The van der Waals surface area contributed by atoms with E-state index in [4.69, 9.17) is 5.73 Å². The van der Waals surface area contributed by atoms with Crippen LogP contribution in [0.1, 0.15) is 18.7 Å². The molecule has 3 fully saturated rings. The van der Waals surface area contributed by atoms with Crippen LogP contribution in [-0.4, -0.2) is 107 Å². The summed E-state index contributed by atoms with van der Waals surface area (Å²) in [5, 5.41) is 28.1. The molecule has 0 aliphatic carbocycles. The van der Waals surface area contributed by atoms with Gasteiger partial charge in [-0.3, -0.25) is 24.3 Å². The smallest absolute Gasteiger partial charge is 0.352 e. The molecule has 0 saturated carbocycles. The second-order valence-electron chi connectivity index (χ2n) is 8.80. The van der Waals surface area contributed by atoms with E-state index in [1.165, 1.54) is 22.8 Å². The summed E-state index contributed by atoms with van der Waals surface area (Å²) in [6.45, 7) is 1.27. The number of carbonyl (C=O) groups is 4. The van der Waals surface area contributed by atoms with Gasteiger partial charge in [0.25, 0.3) is 11.8 Å². The number of carbonyl (C=O) groups excluding carboxylic acids is 3. The van der Waals surface area contributed by atoms with Crippen LogP contribution in [0.15, 0.2) is 33.4 Å². The molecule has 3 atom stereocenters. The zero-order valence-electron chi connectivity index (χ0n) is 19.5. The number of β-lactam (4-membered cyclic amide) rings is 1. The minimum Gasteiger partial charge on any atom is -0.477 e. The van der Waals surface area contributed by atoms with Gasteiger partial charge >= 0.3 is 5.97 Å². The normalized spacial score (nSPS) is 26.6. The Morgan fingerprint density at radius 2 is 2.05 bits per heavy atom. The fourth-order valence-corrected chi connectivity index (χ4v) is 6.61. The highest BCUT2D eigenvalue weighted by molar-refractivity contribution is 8.00. The van der Waals surface area contributed by atoms with Gasteiger partial charge in [0.15, 0.2) is 5.13 Å². The molecule has 0 unspecified atom stereocenters. The van der Waals surface area contributed by atoms with Crippen molar-refractivity contribution < 1.29 is 29.5 Å². The molecule has 5 N–H and O–H groups in total. The quantitative estimate of drug-likeness (QED) is 0.0779. The van der Waals surface area contributed by atoms with Gasteiger partial charge in [-0.1, -0.05) is 5.16 Å². The van der Waals surface area contributed by atoms with Crippen molar-refractivity contribution in [3.05, 3.63) is 33.7 Å². The Morgan fingerprint density at radius 1 is 1.26 bits per heavy atom. The van der Waals surface area contributed by atoms with E-state index in [0.717, 1.165) is 16.4 Å². The molecule has 0 bridgehead atoms. The number of aliphatic carboxylic acids is 1. The maximum atomic E-state index is 13.0. The van der Waals surface area contributed by atoms with Gasteiger partial charge in [-0.2, -0.15) is 9.36 Å². The molecule has 5 rings (SSSR count). The van der Waals surface area contributed by atoms with Crippen LogP contribution in [0.2, 0.25) is 0 Å². The van der Waals surface area contributed by atoms with E-state index >= 15 is 0 Å². The standard InChI is InChI=1S/C20H21N9O7S2/c21-20-23-14(25-38-20)11(24-35)15(30)22-12-17(32)29-13(19(33)34)9(7-37-18(12)29)5-8-1-4-28(16(8)31)10-2-3-27(6-10)26-36/h5,10,12,18,35H,1-4,6-7H2,(H,22,30)(H,33,34)(H2,21,23,25)/b8-5+,24-11-/t10-,12+,18+/m0/s1. The Morgan fingerprint density at radius 3 is 2.68 bits per heavy atom. The number of carboxylic acids is 1. The average Bonchev–Trinajstić information content (AvgIpc) is 3.63. The zero-order valence-corrected chi connectivity index (χ0v) is 21.1. The van der Waals surface area contributed by atoms with E-state index in [1.54, 1.807) is 4.90 Å². The first kappa shape index (κ1) is 25.6. The summed E-state index contributed by atoms with van der Waals surface area (Å²) in [5.74, 6) is -3.21. The monoisotopic (exact) mass is 563 g/mol. The summed E-state index contributed by atoms with van der Waals surface area (Å²) in [4.78, 5) is 68.1. The molecular weight excluding hydrogens is 542 g/mol. The lowest BCUT2D eigenvalue weighted by molar-refractivity contribution is -0.150. The third-order valence-electron chi connectivity index (χ3n) is 6.66. The number of nitroso groups, excluding NO2 is 1. The molecule has 4 aliphatic heterocycles. The number of likely N-dealkylation sites (tertiary alicyclic amines) is 1. The van der Waals surface area contributed by atoms with E-state index in [9.17, 15) is 34.4 Å². The van der Waals surface area contributed by atoms with Gasteiger partial charge in [0, 0.05) is 35.9 Å². The van der Waals surface area contributed by atoms with Crippen LogP contribution < -0.4 is 11.1 Å². The number of allylic oxidation sites excluding steroid dienone is 1. The molecule has 0 radical (unpaired) electrons. The lowest BCUT2D eigenvalue weighted by atomic mass is 10.0. The van der Waals surface area contributed by atoms with Crippen LogP contribution in [0.3, 0.4) is 0 Å². The third-order valence-corrected chi connectivity index (χ3v) is 8.50. The summed E-state index contributed by atoms with van der Waals surface area (Å²) >= 11 is 2.01. The number of oxime groups is 1. The van der Waals surface area contributed by atoms with Gasteiger partial charge in [-0.25, -0.2) is 4.79 Å². The van der Waals surface area contributed by atoms with Crippen molar-refractivity contribution in [1.29, 1.82) is 0 Å². The zero-order chi connectivity index (χ0) is 27.1. The Balaban J connectivity index is 1.32. The Labute approximate surface area is 222 Å². The number of nitrogens with zero attached hydrogens (tertiary/aromatic N) is 7. The number of amides is 3. The minimum atomic E-state index is -1.34. The summed E-state index contributed by atoms with van der Waals surface area (Å²) in [6, 6.07) is -1.22. The van der Waals surface area contributed by atoms with E-state index in [1.807, 2.05) is 0 Å². The Kier molecular flexibility index (Phi) is 6.74. The lowest BCUT2D eigenvalue weighted by Gasteiger charge is -2.49. The van der Waals surface area contributed by atoms with Crippen molar-refractivity contribution in [2.75, 3.05) is 31.1 Å².